The molecule has 1 N–H and O–H groups in total. The van der Waals surface area contributed by atoms with E-state index in [1.54, 1.807) is 35.1 Å². The van der Waals surface area contributed by atoms with Gasteiger partial charge in [-0.15, -0.1) is 0 Å². The molecule has 182 valence electrons. The molecular formula is C26H24BrCl2N3O3. The summed E-state index contributed by atoms with van der Waals surface area (Å²) in [6.45, 7) is 7.12. The number of furan rings is 1. The standard InChI is InChI=1S/C26H24BrCl2N3O3/c1-26(2,3)17-5-8-19(9-6-17)34-15-20-10-11-23(35-20)25(33)30-24-21(27)14-32(31-24)13-16-4-7-18(28)12-22(16)29/h4-12,14H,13,15H2,1-3H3,(H,30,31,33). The van der Waals surface area contributed by atoms with E-state index in [4.69, 9.17) is 32.4 Å². The lowest BCUT2D eigenvalue weighted by molar-refractivity contribution is 0.0992. The number of carbonyl (C=O) groups is 1. The topological polar surface area (TPSA) is 69.3 Å². The van der Waals surface area contributed by atoms with E-state index < -0.39 is 5.91 Å². The molecule has 0 bridgehead atoms. The molecule has 4 rings (SSSR count). The Labute approximate surface area is 222 Å². The minimum atomic E-state index is -0.416. The number of nitrogens with zero attached hydrogens (tertiary/aromatic N) is 2. The first-order valence-electron chi connectivity index (χ1n) is 10.9. The number of benzene rings is 2. The van der Waals surface area contributed by atoms with Gasteiger partial charge in [0.05, 0.1) is 11.0 Å². The molecule has 0 saturated carbocycles. The van der Waals surface area contributed by atoms with Gasteiger partial charge in [-0.05, 0) is 68.9 Å². The Morgan fingerprint density at radius 1 is 1.11 bits per heavy atom. The molecule has 0 aliphatic heterocycles. The second-order valence-electron chi connectivity index (χ2n) is 9.04. The summed E-state index contributed by atoms with van der Waals surface area (Å²) in [5.74, 6) is 1.39. The average Bonchev–Trinajstić information content (AvgIpc) is 3.41. The van der Waals surface area contributed by atoms with Gasteiger partial charge in [0.2, 0.25) is 0 Å². The number of carbonyl (C=O) groups excluding carboxylic acids is 1. The summed E-state index contributed by atoms with van der Waals surface area (Å²) in [7, 11) is 0. The van der Waals surface area contributed by atoms with Gasteiger partial charge in [-0.3, -0.25) is 9.48 Å². The number of hydrogen-bond acceptors (Lipinski definition) is 4. The van der Waals surface area contributed by atoms with Gasteiger partial charge in [0, 0.05) is 16.2 Å². The zero-order valence-electron chi connectivity index (χ0n) is 19.4. The Bertz CT molecular complexity index is 1340. The van der Waals surface area contributed by atoms with Crippen molar-refractivity contribution in [2.24, 2.45) is 0 Å². The van der Waals surface area contributed by atoms with E-state index in [1.165, 1.54) is 5.56 Å². The molecule has 0 radical (unpaired) electrons. The fraction of sp³-hybridized carbons (Fsp3) is 0.231. The molecular weight excluding hydrogens is 553 g/mol. The summed E-state index contributed by atoms with van der Waals surface area (Å²) < 4.78 is 13.8. The molecule has 0 atom stereocenters. The number of aromatic nitrogens is 2. The zero-order valence-corrected chi connectivity index (χ0v) is 22.5. The van der Waals surface area contributed by atoms with Gasteiger partial charge in [-0.25, -0.2) is 0 Å². The maximum atomic E-state index is 12.7. The summed E-state index contributed by atoms with van der Waals surface area (Å²) in [5, 5.41) is 8.29. The van der Waals surface area contributed by atoms with E-state index in [9.17, 15) is 4.79 Å². The minimum absolute atomic E-state index is 0.0789. The molecule has 1 amide bonds. The smallest absolute Gasteiger partial charge is 0.292 e. The van der Waals surface area contributed by atoms with Gasteiger partial charge in [0.25, 0.3) is 5.91 Å². The first-order chi connectivity index (χ1) is 16.6. The quantitative estimate of drug-likeness (QED) is 0.244. The van der Waals surface area contributed by atoms with Crippen molar-refractivity contribution in [3.63, 3.8) is 0 Å². The summed E-state index contributed by atoms with van der Waals surface area (Å²) in [6.07, 6.45) is 1.76. The van der Waals surface area contributed by atoms with Gasteiger partial charge in [-0.1, -0.05) is 62.2 Å². The molecule has 6 nitrogen and oxygen atoms in total. The molecule has 0 unspecified atom stereocenters. The monoisotopic (exact) mass is 575 g/mol. The Morgan fingerprint density at radius 2 is 1.86 bits per heavy atom. The molecule has 0 fully saturated rings. The van der Waals surface area contributed by atoms with Crippen LogP contribution in [0, 0.1) is 0 Å². The first-order valence-corrected chi connectivity index (χ1v) is 12.4. The van der Waals surface area contributed by atoms with Crippen LogP contribution in [0.4, 0.5) is 5.82 Å². The Hall–Kier alpha value is -2.74. The zero-order chi connectivity index (χ0) is 25.2. The summed E-state index contributed by atoms with van der Waals surface area (Å²) >= 11 is 15.6. The van der Waals surface area contributed by atoms with Crippen LogP contribution in [0.5, 0.6) is 5.75 Å². The lowest BCUT2D eigenvalue weighted by Crippen LogP contribution is -2.12. The van der Waals surface area contributed by atoms with Crippen LogP contribution < -0.4 is 10.1 Å². The lowest BCUT2D eigenvalue weighted by atomic mass is 9.87. The van der Waals surface area contributed by atoms with Gasteiger partial charge in [0.1, 0.15) is 18.1 Å². The minimum Gasteiger partial charge on any atom is -0.486 e. The Morgan fingerprint density at radius 3 is 2.54 bits per heavy atom. The highest BCUT2D eigenvalue weighted by atomic mass is 79.9. The molecule has 2 heterocycles. The molecule has 0 aliphatic rings. The van der Waals surface area contributed by atoms with Crippen LogP contribution in [0.25, 0.3) is 0 Å². The third-order valence-corrected chi connectivity index (χ3v) is 6.45. The molecule has 0 aliphatic carbocycles. The molecule has 9 heteroatoms. The number of hydrogen-bond donors (Lipinski definition) is 1. The largest absolute Gasteiger partial charge is 0.486 e. The third-order valence-electron chi connectivity index (χ3n) is 5.28. The first kappa shape index (κ1) is 25.4. The highest BCUT2D eigenvalue weighted by Crippen LogP contribution is 2.26. The van der Waals surface area contributed by atoms with Crippen molar-refractivity contribution in [1.82, 2.24) is 9.78 Å². The van der Waals surface area contributed by atoms with Crippen LogP contribution >= 0.6 is 39.1 Å². The number of halogens is 3. The maximum absolute atomic E-state index is 12.7. The van der Waals surface area contributed by atoms with E-state index in [2.05, 4.69) is 47.1 Å². The number of nitrogens with one attached hydrogen (secondary N) is 1. The van der Waals surface area contributed by atoms with E-state index in [0.29, 0.717) is 32.6 Å². The maximum Gasteiger partial charge on any atom is 0.292 e. The van der Waals surface area contributed by atoms with Crippen LogP contribution in [0.15, 0.2) is 69.7 Å². The van der Waals surface area contributed by atoms with E-state index >= 15 is 0 Å². The summed E-state index contributed by atoms with van der Waals surface area (Å²) in [5.41, 5.74) is 2.16. The van der Waals surface area contributed by atoms with Gasteiger partial charge in [-0.2, -0.15) is 5.10 Å². The fourth-order valence-corrected chi connectivity index (χ4v) is 4.22. The summed E-state index contributed by atoms with van der Waals surface area (Å²) in [4.78, 5) is 12.7. The van der Waals surface area contributed by atoms with Crippen molar-refractivity contribution in [2.75, 3.05) is 5.32 Å². The van der Waals surface area contributed by atoms with Gasteiger partial charge < -0.3 is 14.5 Å². The predicted molar refractivity (Wildman–Crippen MR) is 142 cm³/mol. The predicted octanol–water partition coefficient (Wildman–Crippen LogP) is 7.72. The average molecular weight is 577 g/mol. The van der Waals surface area contributed by atoms with Crippen molar-refractivity contribution in [1.29, 1.82) is 0 Å². The van der Waals surface area contributed by atoms with Crippen molar-refractivity contribution >= 4 is 50.9 Å². The van der Waals surface area contributed by atoms with Crippen molar-refractivity contribution in [3.8, 4) is 5.75 Å². The van der Waals surface area contributed by atoms with Crippen molar-refractivity contribution < 1.29 is 13.9 Å². The van der Waals surface area contributed by atoms with Crippen LogP contribution in [-0.4, -0.2) is 15.7 Å². The number of ether oxygens (including phenoxy) is 1. The van der Waals surface area contributed by atoms with Gasteiger partial charge in [0.15, 0.2) is 11.6 Å². The second-order valence-corrected chi connectivity index (χ2v) is 10.7. The number of anilines is 1. The molecule has 35 heavy (non-hydrogen) atoms. The van der Waals surface area contributed by atoms with Gasteiger partial charge >= 0.3 is 0 Å². The number of amides is 1. The van der Waals surface area contributed by atoms with Crippen molar-refractivity contribution in [3.05, 3.63) is 98.0 Å². The fourth-order valence-electron chi connectivity index (χ4n) is 3.34. The second kappa shape index (κ2) is 10.5. The van der Waals surface area contributed by atoms with Crippen LogP contribution in [0.1, 0.15) is 48.2 Å². The van der Waals surface area contributed by atoms with E-state index in [-0.39, 0.29) is 17.8 Å². The van der Waals surface area contributed by atoms with E-state index in [0.717, 1.165) is 11.3 Å². The normalized spacial score (nSPS) is 11.5. The lowest BCUT2D eigenvalue weighted by Gasteiger charge is -2.19. The number of rotatable bonds is 7. The summed E-state index contributed by atoms with van der Waals surface area (Å²) in [6, 6.07) is 16.6. The molecule has 0 saturated heterocycles. The molecule has 4 aromatic rings. The molecule has 0 spiro atoms. The van der Waals surface area contributed by atoms with E-state index in [1.807, 2.05) is 30.3 Å². The Balaban J connectivity index is 1.36. The van der Waals surface area contributed by atoms with Crippen molar-refractivity contribution in [2.45, 2.75) is 39.3 Å². The highest BCUT2D eigenvalue weighted by molar-refractivity contribution is 9.10. The molecule has 2 aromatic heterocycles. The van der Waals surface area contributed by atoms with Crippen LogP contribution in [0.2, 0.25) is 10.0 Å². The van der Waals surface area contributed by atoms with Crippen LogP contribution in [-0.2, 0) is 18.6 Å². The SMILES string of the molecule is CC(C)(C)c1ccc(OCc2ccc(C(=O)Nc3nn(Cc4ccc(Cl)cc4Cl)cc3Br)o2)cc1. The third kappa shape index (κ3) is 6.48. The Kier molecular flexibility index (Phi) is 7.59. The highest BCUT2D eigenvalue weighted by Gasteiger charge is 2.17. The van der Waals surface area contributed by atoms with Crippen LogP contribution in [0.3, 0.4) is 0 Å². The molecule has 2 aromatic carbocycles.